The highest BCUT2D eigenvalue weighted by molar-refractivity contribution is 6.32. The van der Waals surface area contributed by atoms with Crippen LogP contribution in [0.3, 0.4) is 0 Å². The zero-order valence-corrected chi connectivity index (χ0v) is 15.2. The molecular formula is C19H18ClN3O4. The lowest BCUT2D eigenvalue weighted by atomic mass is 10.2. The Hall–Kier alpha value is -2.90. The van der Waals surface area contributed by atoms with Crippen molar-refractivity contribution in [2.45, 2.75) is 0 Å². The van der Waals surface area contributed by atoms with E-state index in [0.29, 0.717) is 24.5 Å². The van der Waals surface area contributed by atoms with Gasteiger partial charge in [-0.15, -0.1) is 0 Å². The summed E-state index contributed by atoms with van der Waals surface area (Å²) in [4.78, 5) is 24.9. The molecule has 0 radical (unpaired) electrons. The first-order valence-electron chi connectivity index (χ1n) is 8.39. The molecule has 140 valence electrons. The van der Waals surface area contributed by atoms with E-state index >= 15 is 0 Å². The third-order valence-electron chi connectivity index (χ3n) is 4.11. The van der Waals surface area contributed by atoms with Gasteiger partial charge in [-0.05, 0) is 29.8 Å². The highest BCUT2D eigenvalue weighted by Crippen LogP contribution is 2.27. The van der Waals surface area contributed by atoms with Crippen LogP contribution in [0.15, 0.2) is 48.5 Å². The molecule has 8 heteroatoms. The van der Waals surface area contributed by atoms with E-state index in [-0.39, 0.29) is 16.6 Å². The molecule has 2 aromatic rings. The van der Waals surface area contributed by atoms with Crippen molar-refractivity contribution >= 4 is 40.6 Å². The van der Waals surface area contributed by atoms with Crippen molar-refractivity contribution in [3.63, 3.8) is 0 Å². The second kappa shape index (κ2) is 8.66. The van der Waals surface area contributed by atoms with Crippen molar-refractivity contribution in [2.24, 2.45) is 0 Å². The van der Waals surface area contributed by atoms with Crippen LogP contribution < -0.4 is 10.2 Å². The van der Waals surface area contributed by atoms with Crippen LogP contribution in [-0.2, 0) is 9.53 Å². The summed E-state index contributed by atoms with van der Waals surface area (Å²) in [5.41, 5.74) is 1.96. The number of carbonyl (C=O) groups excluding carboxylic acids is 1. The number of nitrogens with one attached hydrogen (secondary N) is 1. The van der Waals surface area contributed by atoms with Gasteiger partial charge in [0.2, 0.25) is 5.91 Å². The Morgan fingerprint density at radius 3 is 2.70 bits per heavy atom. The number of hydrogen-bond donors (Lipinski definition) is 1. The normalized spacial score (nSPS) is 14.3. The third-order valence-corrected chi connectivity index (χ3v) is 4.43. The van der Waals surface area contributed by atoms with Crippen LogP contribution in [0.25, 0.3) is 6.08 Å². The first-order chi connectivity index (χ1) is 13.0. The van der Waals surface area contributed by atoms with Crippen molar-refractivity contribution in [2.75, 3.05) is 36.5 Å². The molecule has 1 fully saturated rings. The van der Waals surface area contributed by atoms with Crippen molar-refractivity contribution < 1.29 is 14.5 Å². The summed E-state index contributed by atoms with van der Waals surface area (Å²) in [7, 11) is 0. The average molecular weight is 388 g/mol. The molecule has 1 heterocycles. The number of amides is 1. The average Bonchev–Trinajstić information content (AvgIpc) is 2.68. The molecule has 0 bridgehead atoms. The second-order valence-electron chi connectivity index (χ2n) is 5.91. The highest BCUT2D eigenvalue weighted by Gasteiger charge is 2.15. The molecule has 1 saturated heterocycles. The summed E-state index contributed by atoms with van der Waals surface area (Å²) in [6.07, 6.45) is 2.85. The monoisotopic (exact) mass is 387 g/mol. The Morgan fingerprint density at radius 1 is 1.22 bits per heavy atom. The largest absolute Gasteiger partial charge is 0.378 e. The van der Waals surface area contributed by atoms with Crippen LogP contribution in [0, 0.1) is 10.1 Å². The number of hydrogen-bond acceptors (Lipinski definition) is 5. The summed E-state index contributed by atoms with van der Waals surface area (Å²) in [6, 6.07) is 11.9. The fourth-order valence-corrected chi connectivity index (χ4v) is 2.97. The van der Waals surface area contributed by atoms with Crippen molar-refractivity contribution in [3.8, 4) is 0 Å². The van der Waals surface area contributed by atoms with Gasteiger partial charge in [-0.2, -0.15) is 0 Å². The molecule has 0 spiro atoms. The van der Waals surface area contributed by atoms with Crippen molar-refractivity contribution in [1.29, 1.82) is 0 Å². The molecule has 7 nitrogen and oxygen atoms in total. The maximum absolute atomic E-state index is 12.3. The highest BCUT2D eigenvalue weighted by atomic mass is 35.5. The Labute approximate surface area is 161 Å². The van der Waals surface area contributed by atoms with E-state index in [1.54, 1.807) is 6.07 Å². The number of ether oxygens (including phenoxy) is 1. The molecule has 0 saturated carbocycles. The number of benzene rings is 2. The zero-order valence-electron chi connectivity index (χ0n) is 14.4. The standard InChI is InChI=1S/C19H18ClN3O4/c20-15-7-5-14(13-18(15)23(25)26)6-8-19(24)21-16-3-1-2-4-17(16)22-9-11-27-12-10-22/h1-8,13H,9-12H2,(H,21,24). The first kappa shape index (κ1) is 18.9. The molecule has 1 N–H and O–H groups in total. The van der Waals surface area contributed by atoms with Gasteiger partial charge in [-0.25, -0.2) is 0 Å². The smallest absolute Gasteiger partial charge is 0.288 e. The van der Waals surface area contributed by atoms with E-state index in [1.165, 1.54) is 24.3 Å². The number of carbonyl (C=O) groups is 1. The number of para-hydroxylation sites is 2. The molecular weight excluding hydrogens is 370 g/mol. The molecule has 0 aliphatic carbocycles. The third kappa shape index (κ3) is 4.84. The number of anilines is 2. The molecule has 0 aromatic heterocycles. The lowest BCUT2D eigenvalue weighted by molar-refractivity contribution is -0.384. The minimum absolute atomic E-state index is 0.0565. The van der Waals surface area contributed by atoms with E-state index in [0.717, 1.165) is 18.8 Å². The lowest BCUT2D eigenvalue weighted by Gasteiger charge is -2.30. The lowest BCUT2D eigenvalue weighted by Crippen LogP contribution is -2.36. The minimum atomic E-state index is -0.557. The Bertz CT molecular complexity index is 879. The maximum atomic E-state index is 12.3. The van der Waals surface area contributed by atoms with Gasteiger partial charge >= 0.3 is 0 Å². The van der Waals surface area contributed by atoms with Gasteiger partial charge in [0.05, 0.1) is 29.5 Å². The Morgan fingerprint density at radius 2 is 1.96 bits per heavy atom. The molecule has 0 unspecified atom stereocenters. The SMILES string of the molecule is O=C(C=Cc1ccc(Cl)c([N+](=O)[O-])c1)Nc1ccccc1N1CCOCC1. The van der Waals surface area contributed by atoms with Crippen LogP contribution in [0.1, 0.15) is 5.56 Å². The summed E-state index contributed by atoms with van der Waals surface area (Å²) in [5.74, 6) is -0.326. The summed E-state index contributed by atoms with van der Waals surface area (Å²) in [5, 5.41) is 13.9. The number of rotatable bonds is 5. The van der Waals surface area contributed by atoms with Crippen LogP contribution in [0.2, 0.25) is 5.02 Å². The summed E-state index contributed by atoms with van der Waals surface area (Å²) in [6.45, 7) is 2.82. The topological polar surface area (TPSA) is 84.7 Å². The fraction of sp³-hybridized carbons (Fsp3) is 0.211. The number of morpholine rings is 1. The first-order valence-corrected chi connectivity index (χ1v) is 8.77. The fourth-order valence-electron chi connectivity index (χ4n) is 2.78. The van der Waals surface area contributed by atoms with Gasteiger partial charge in [0.1, 0.15) is 5.02 Å². The van der Waals surface area contributed by atoms with E-state index in [2.05, 4.69) is 10.2 Å². The number of nitro groups is 1. The van der Waals surface area contributed by atoms with Gasteiger partial charge in [-0.3, -0.25) is 14.9 Å². The number of halogens is 1. The van der Waals surface area contributed by atoms with Gasteiger partial charge < -0.3 is 15.0 Å². The predicted octanol–water partition coefficient (Wildman–Crippen LogP) is 3.74. The van der Waals surface area contributed by atoms with Crippen molar-refractivity contribution in [3.05, 3.63) is 69.2 Å². The number of nitro benzene ring substituents is 1. The van der Waals surface area contributed by atoms with Gasteiger partial charge in [0.15, 0.2) is 0 Å². The molecule has 27 heavy (non-hydrogen) atoms. The van der Waals surface area contributed by atoms with Crippen LogP contribution >= 0.6 is 11.6 Å². The van der Waals surface area contributed by atoms with Crippen LogP contribution in [-0.4, -0.2) is 37.1 Å². The summed E-state index contributed by atoms with van der Waals surface area (Å²) >= 11 is 5.79. The molecule has 2 aromatic carbocycles. The molecule has 3 rings (SSSR count). The zero-order chi connectivity index (χ0) is 19.2. The van der Waals surface area contributed by atoms with Crippen LogP contribution in [0.4, 0.5) is 17.1 Å². The van der Waals surface area contributed by atoms with E-state index in [1.807, 2.05) is 24.3 Å². The molecule has 1 aliphatic heterocycles. The van der Waals surface area contributed by atoms with Gasteiger partial charge in [0.25, 0.3) is 5.69 Å². The summed E-state index contributed by atoms with van der Waals surface area (Å²) < 4.78 is 5.37. The van der Waals surface area contributed by atoms with Crippen molar-refractivity contribution in [1.82, 2.24) is 0 Å². The van der Waals surface area contributed by atoms with E-state index < -0.39 is 4.92 Å². The molecule has 1 aliphatic rings. The van der Waals surface area contributed by atoms with E-state index in [4.69, 9.17) is 16.3 Å². The van der Waals surface area contributed by atoms with Crippen LogP contribution in [0.5, 0.6) is 0 Å². The molecule has 0 atom stereocenters. The second-order valence-corrected chi connectivity index (χ2v) is 6.31. The predicted molar refractivity (Wildman–Crippen MR) is 105 cm³/mol. The van der Waals surface area contributed by atoms with Gasteiger partial charge in [-0.1, -0.05) is 29.8 Å². The number of nitrogens with zero attached hydrogens (tertiary/aromatic N) is 2. The van der Waals surface area contributed by atoms with Gasteiger partial charge in [0, 0.05) is 25.2 Å². The maximum Gasteiger partial charge on any atom is 0.288 e. The Balaban J connectivity index is 1.72. The van der Waals surface area contributed by atoms with E-state index in [9.17, 15) is 14.9 Å². The molecule has 1 amide bonds. The Kier molecular flexibility index (Phi) is 6.05. The minimum Gasteiger partial charge on any atom is -0.378 e. The quantitative estimate of drug-likeness (QED) is 0.480.